The summed E-state index contributed by atoms with van der Waals surface area (Å²) in [5.74, 6) is -1.52. The Hall–Kier alpha value is -1.88. The van der Waals surface area contributed by atoms with E-state index in [-0.39, 0.29) is 5.91 Å². The SMILES string of the molecule is CN1C(=O)c2ccccc2C1(O)CC(=O)O. The minimum absolute atomic E-state index is 0.352. The van der Waals surface area contributed by atoms with Gasteiger partial charge in [-0.05, 0) is 6.07 Å². The molecular formula is C11H11NO4. The van der Waals surface area contributed by atoms with E-state index in [4.69, 9.17) is 5.11 Å². The molecule has 0 aromatic heterocycles. The molecule has 5 nitrogen and oxygen atoms in total. The summed E-state index contributed by atoms with van der Waals surface area (Å²) in [5.41, 5.74) is -1.03. The molecule has 5 heteroatoms. The van der Waals surface area contributed by atoms with E-state index in [1.54, 1.807) is 24.3 Å². The zero-order valence-electron chi connectivity index (χ0n) is 8.67. The molecule has 0 bridgehead atoms. The Morgan fingerprint density at radius 3 is 2.69 bits per heavy atom. The number of fused-ring (bicyclic) bond motifs is 1. The third-order valence-corrected chi connectivity index (χ3v) is 2.85. The van der Waals surface area contributed by atoms with Crippen molar-refractivity contribution < 1.29 is 19.8 Å². The molecule has 0 fully saturated rings. The molecule has 1 unspecified atom stereocenters. The Morgan fingerprint density at radius 1 is 1.44 bits per heavy atom. The van der Waals surface area contributed by atoms with Crippen LogP contribution < -0.4 is 0 Å². The summed E-state index contributed by atoms with van der Waals surface area (Å²) in [5, 5.41) is 19.0. The summed E-state index contributed by atoms with van der Waals surface area (Å²) < 4.78 is 0. The van der Waals surface area contributed by atoms with Gasteiger partial charge in [0.05, 0.1) is 6.42 Å². The molecule has 0 saturated carbocycles. The van der Waals surface area contributed by atoms with Gasteiger partial charge in [-0.1, -0.05) is 18.2 Å². The summed E-state index contributed by atoms with van der Waals surface area (Å²) in [6.45, 7) is 0. The van der Waals surface area contributed by atoms with Crippen molar-refractivity contribution in [2.75, 3.05) is 7.05 Å². The molecule has 0 radical (unpaired) electrons. The van der Waals surface area contributed by atoms with Gasteiger partial charge < -0.3 is 15.1 Å². The average Bonchev–Trinajstić information content (AvgIpc) is 2.42. The van der Waals surface area contributed by atoms with Crippen molar-refractivity contribution in [3.8, 4) is 0 Å². The van der Waals surface area contributed by atoms with Crippen LogP contribution in [0.2, 0.25) is 0 Å². The number of hydrogen-bond acceptors (Lipinski definition) is 3. The molecule has 1 aromatic rings. The van der Waals surface area contributed by atoms with E-state index in [1.807, 2.05) is 0 Å². The number of hydrogen-bond donors (Lipinski definition) is 2. The quantitative estimate of drug-likeness (QED) is 0.757. The van der Waals surface area contributed by atoms with Gasteiger partial charge in [0.25, 0.3) is 5.91 Å². The number of carbonyl (C=O) groups excluding carboxylic acids is 1. The maximum absolute atomic E-state index is 11.8. The zero-order chi connectivity index (χ0) is 11.9. The molecule has 2 rings (SSSR count). The van der Waals surface area contributed by atoms with Crippen LogP contribution in [0.4, 0.5) is 0 Å². The predicted octanol–water partition coefficient (Wildman–Crippen LogP) is 0.392. The Balaban J connectivity index is 2.56. The van der Waals surface area contributed by atoms with Crippen molar-refractivity contribution in [3.63, 3.8) is 0 Å². The van der Waals surface area contributed by atoms with Gasteiger partial charge in [-0.3, -0.25) is 9.59 Å². The highest BCUT2D eigenvalue weighted by molar-refractivity contribution is 6.00. The van der Waals surface area contributed by atoms with E-state index in [0.29, 0.717) is 11.1 Å². The van der Waals surface area contributed by atoms with Crippen molar-refractivity contribution in [1.82, 2.24) is 4.90 Å². The van der Waals surface area contributed by atoms with Gasteiger partial charge >= 0.3 is 5.97 Å². The van der Waals surface area contributed by atoms with Gasteiger partial charge in [-0.2, -0.15) is 0 Å². The van der Waals surface area contributed by atoms with Crippen LogP contribution in [-0.4, -0.2) is 34.0 Å². The van der Waals surface area contributed by atoms with Gasteiger partial charge in [0.2, 0.25) is 0 Å². The number of carboxylic acid groups (broad SMARTS) is 1. The number of aliphatic hydroxyl groups is 1. The van der Waals surface area contributed by atoms with Gasteiger partial charge in [-0.25, -0.2) is 0 Å². The third kappa shape index (κ3) is 1.29. The highest BCUT2D eigenvalue weighted by atomic mass is 16.4. The monoisotopic (exact) mass is 221 g/mol. The molecule has 16 heavy (non-hydrogen) atoms. The van der Waals surface area contributed by atoms with Gasteiger partial charge in [0.15, 0.2) is 5.72 Å². The summed E-state index contributed by atoms with van der Waals surface area (Å²) in [7, 11) is 1.39. The molecule has 1 aromatic carbocycles. The number of nitrogens with zero attached hydrogens (tertiary/aromatic N) is 1. The number of carbonyl (C=O) groups is 2. The van der Waals surface area contributed by atoms with E-state index in [1.165, 1.54) is 7.05 Å². The summed E-state index contributed by atoms with van der Waals surface area (Å²) in [6, 6.07) is 6.49. The third-order valence-electron chi connectivity index (χ3n) is 2.85. The largest absolute Gasteiger partial charge is 0.481 e. The number of rotatable bonds is 2. The van der Waals surface area contributed by atoms with E-state index in [0.717, 1.165) is 4.90 Å². The fourth-order valence-corrected chi connectivity index (χ4v) is 1.97. The summed E-state index contributed by atoms with van der Waals surface area (Å²) in [6.07, 6.45) is -0.522. The van der Waals surface area contributed by atoms with Crippen LogP contribution in [0.5, 0.6) is 0 Å². The molecule has 2 N–H and O–H groups in total. The molecule has 1 heterocycles. The van der Waals surface area contributed by atoms with Gasteiger partial charge in [0.1, 0.15) is 0 Å². The maximum atomic E-state index is 11.8. The summed E-state index contributed by atoms with van der Waals surface area (Å²) >= 11 is 0. The number of aliphatic carboxylic acids is 1. The maximum Gasteiger partial charge on any atom is 0.308 e. The lowest BCUT2D eigenvalue weighted by atomic mass is 9.98. The first-order valence-electron chi connectivity index (χ1n) is 4.78. The van der Waals surface area contributed by atoms with E-state index >= 15 is 0 Å². The van der Waals surface area contributed by atoms with Gasteiger partial charge in [-0.15, -0.1) is 0 Å². The van der Waals surface area contributed by atoms with Crippen LogP contribution in [-0.2, 0) is 10.5 Å². The molecule has 1 atom stereocenters. The van der Waals surface area contributed by atoms with Crippen LogP contribution in [0.3, 0.4) is 0 Å². The fourth-order valence-electron chi connectivity index (χ4n) is 1.97. The van der Waals surface area contributed by atoms with Crippen LogP contribution in [0.15, 0.2) is 24.3 Å². The van der Waals surface area contributed by atoms with E-state index < -0.39 is 18.1 Å². The average molecular weight is 221 g/mol. The molecule has 1 amide bonds. The zero-order valence-corrected chi connectivity index (χ0v) is 8.67. The van der Waals surface area contributed by atoms with Gasteiger partial charge in [0, 0.05) is 18.2 Å². The fraction of sp³-hybridized carbons (Fsp3) is 0.273. The minimum Gasteiger partial charge on any atom is -0.481 e. The lowest BCUT2D eigenvalue weighted by molar-refractivity contribution is -0.150. The van der Waals surface area contributed by atoms with Crippen LogP contribution >= 0.6 is 0 Å². The predicted molar refractivity (Wildman–Crippen MR) is 54.7 cm³/mol. The lowest BCUT2D eigenvalue weighted by Crippen LogP contribution is -2.42. The van der Waals surface area contributed by atoms with Crippen molar-refractivity contribution in [3.05, 3.63) is 35.4 Å². The van der Waals surface area contributed by atoms with Crippen LogP contribution in [0, 0.1) is 0 Å². The Bertz CT molecular complexity index is 471. The van der Waals surface area contributed by atoms with Crippen LogP contribution in [0.1, 0.15) is 22.3 Å². The minimum atomic E-state index is -1.74. The first-order chi connectivity index (χ1) is 7.47. The molecule has 1 aliphatic heterocycles. The lowest BCUT2D eigenvalue weighted by Gasteiger charge is -2.29. The van der Waals surface area contributed by atoms with E-state index in [2.05, 4.69) is 0 Å². The molecule has 0 aliphatic carbocycles. The van der Waals surface area contributed by atoms with Crippen molar-refractivity contribution in [2.45, 2.75) is 12.1 Å². The Morgan fingerprint density at radius 2 is 2.06 bits per heavy atom. The first-order valence-corrected chi connectivity index (χ1v) is 4.78. The van der Waals surface area contributed by atoms with Crippen molar-refractivity contribution in [2.24, 2.45) is 0 Å². The molecule has 84 valence electrons. The second-order valence-corrected chi connectivity index (χ2v) is 3.80. The van der Waals surface area contributed by atoms with Crippen molar-refractivity contribution in [1.29, 1.82) is 0 Å². The normalized spacial score (nSPS) is 23.4. The second kappa shape index (κ2) is 3.31. The number of benzene rings is 1. The number of amides is 1. The first kappa shape index (κ1) is 10.6. The summed E-state index contributed by atoms with van der Waals surface area (Å²) in [4.78, 5) is 23.6. The smallest absolute Gasteiger partial charge is 0.308 e. The standard InChI is InChI=1S/C11H11NO4/c1-12-10(15)7-4-2-3-5-8(7)11(12,16)6-9(13)14/h2-5,16H,6H2,1H3,(H,13,14). The van der Waals surface area contributed by atoms with Crippen molar-refractivity contribution >= 4 is 11.9 Å². The Labute approximate surface area is 91.9 Å². The highest BCUT2D eigenvalue weighted by Crippen LogP contribution is 2.38. The molecule has 1 aliphatic rings. The Kier molecular flexibility index (Phi) is 2.20. The molecule has 0 saturated heterocycles. The second-order valence-electron chi connectivity index (χ2n) is 3.80. The number of carboxylic acids is 1. The molecular weight excluding hydrogens is 210 g/mol. The van der Waals surface area contributed by atoms with Crippen LogP contribution in [0.25, 0.3) is 0 Å². The topological polar surface area (TPSA) is 77.8 Å². The molecule has 0 spiro atoms. The highest BCUT2D eigenvalue weighted by Gasteiger charge is 2.47. The van der Waals surface area contributed by atoms with E-state index in [9.17, 15) is 14.7 Å².